The van der Waals surface area contributed by atoms with Crippen LogP contribution in [0.25, 0.3) is 10.2 Å². The van der Waals surface area contributed by atoms with E-state index in [2.05, 4.69) is 40.2 Å². The van der Waals surface area contributed by atoms with Gasteiger partial charge in [-0.25, -0.2) is 9.97 Å². The molecule has 0 spiro atoms. The summed E-state index contributed by atoms with van der Waals surface area (Å²) in [7, 11) is 0. The molecule has 0 amide bonds. The zero-order valence-electron chi connectivity index (χ0n) is 13.1. The Labute approximate surface area is 134 Å². The predicted octanol–water partition coefficient (Wildman–Crippen LogP) is 2.66. The van der Waals surface area contributed by atoms with Crippen molar-refractivity contribution in [2.24, 2.45) is 5.92 Å². The molecule has 0 aliphatic carbocycles. The van der Waals surface area contributed by atoms with E-state index in [1.165, 1.54) is 5.56 Å². The summed E-state index contributed by atoms with van der Waals surface area (Å²) in [6, 6.07) is 2.06. The van der Waals surface area contributed by atoms with Crippen molar-refractivity contribution in [3.05, 3.63) is 16.8 Å². The Hall–Kier alpha value is -1.71. The lowest BCUT2D eigenvalue weighted by atomic mass is 9.90. The highest BCUT2D eigenvalue weighted by atomic mass is 32.1. The summed E-state index contributed by atoms with van der Waals surface area (Å²) < 4.78 is 0. The van der Waals surface area contributed by atoms with Gasteiger partial charge in [-0.15, -0.1) is 11.3 Å². The number of hydrogen-bond acceptors (Lipinski definition) is 6. The molecule has 0 aromatic carbocycles. The van der Waals surface area contributed by atoms with E-state index < -0.39 is 5.60 Å². The Morgan fingerprint density at radius 1 is 1.45 bits per heavy atom. The topological polar surface area (TPSA) is 73.0 Å². The van der Waals surface area contributed by atoms with Crippen molar-refractivity contribution in [2.45, 2.75) is 39.2 Å². The van der Waals surface area contributed by atoms with Gasteiger partial charge in [-0.2, -0.15) is 5.26 Å². The maximum absolute atomic E-state index is 10.2. The Balaban J connectivity index is 1.99. The van der Waals surface area contributed by atoms with Gasteiger partial charge in [0.15, 0.2) is 0 Å². The summed E-state index contributed by atoms with van der Waals surface area (Å²) in [5, 5.41) is 22.3. The van der Waals surface area contributed by atoms with Crippen LogP contribution in [0.1, 0.15) is 31.7 Å². The Bertz CT molecular complexity index is 740. The van der Waals surface area contributed by atoms with E-state index in [4.69, 9.17) is 5.26 Å². The van der Waals surface area contributed by atoms with Crippen LogP contribution in [-0.4, -0.2) is 33.8 Å². The van der Waals surface area contributed by atoms with Crippen LogP contribution in [0.2, 0.25) is 0 Å². The molecule has 0 unspecified atom stereocenters. The minimum absolute atomic E-state index is 0.166. The number of hydrogen-bond donors (Lipinski definition) is 1. The average molecular weight is 316 g/mol. The van der Waals surface area contributed by atoms with Gasteiger partial charge in [-0.3, -0.25) is 0 Å². The fourth-order valence-electron chi connectivity index (χ4n) is 2.98. The number of aryl methyl sites for hydroxylation is 1. The first-order chi connectivity index (χ1) is 10.4. The first-order valence-electron chi connectivity index (χ1n) is 7.51. The number of thiophene rings is 1. The molecule has 1 aliphatic rings. The summed E-state index contributed by atoms with van der Waals surface area (Å²) in [6.45, 7) is 7.22. The van der Waals surface area contributed by atoms with Crippen LogP contribution in [0.5, 0.6) is 0 Å². The van der Waals surface area contributed by atoms with E-state index in [1.807, 2.05) is 6.92 Å². The van der Waals surface area contributed by atoms with Gasteiger partial charge in [0, 0.05) is 0 Å². The first kappa shape index (κ1) is 15.2. The summed E-state index contributed by atoms with van der Waals surface area (Å²) in [5.41, 5.74) is 0.384. The van der Waals surface area contributed by atoms with Crippen molar-refractivity contribution < 1.29 is 5.11 Å². The number of rotatable bonds is 4. The third kappa shape index (κ3) is 2.67. The Morgan fingerprint density at radius 3 is 2.82 bits per heavy atom. The van der Waals surface area contributed by atoms with Gasteiger partial charge >= 0.3 is 0 Å². The summed E-state index contributed by atoms with van der Waals surface area (Å²) >= 11 is 1.65. The van der Waals surface area contributed by atoms with Crippen LogP contribution in [-0.2, 0) is 6.42 Å². The smallest absolute Gasteiger partial charge is 0.141 e. The van der Waals surface area contributed by atoms with E-state index >= 15 is 0 Å². The van der Waals surface area contributed by atoms with E-state index in [9.17, 15) is 5.11 Å². The van der Waals surface area contributed by atoms with Crippen molar-refractivity contribution >= 4 is 27.4 Å². The summed E-state index contributed by atoms with van der Waals surface area (Å²) in [4.78, 5) is 12.2. The van der Waals surface area contributed by atoms with Gasteiger partial charge in [0.1, 0.15) is 22.1 Å². The van der Waals surface area contributed by atoms with Crippen LogP contribution in [0, 0.1) is 24.2 Å². The predicted molar refractivity (Wildman–Crippen MR) is 88.1 cm³/mol. The number of aromatic nitrogens is 2. The molecule has 3 rings (SSSR count). The molecule has 0 radical (unpaired) electrons. The SMILES string of the molecule is Cc1nc(N2CC(O)(CC#N)C2)c2c(CC(C)C)csc2n1. The second-order valence-electron chi connectivity index (χ2n) is 6.55. The lowest BCUT2D eigenvalue weighted by Gasteiger charge is -2.46. The van der Waals surface area contributed by atoms with Crippen LogP contribution >= 0.6 is 11.3 Å². The standard InChI is InChI=1S/C16H20N4OS/c1-10(2)6-12-7-22-15-13(12)14(18-11(3)19-15)20-8-16(21,9-20)4-5-17/h7,10,21H,4,6,8-9H2,1-3H3. The number of nitriles is 1. The molecule has 1 N–H and O–H groups in total. The minimum atomic E-state index is -0.895. The van der Waals surface area contributed by atoms with Crippen LogP contribution in [0.15, 0.2) is 5.38 Å². The van der Waals surface area contributed by atoms with Crippen LogP contribution in [0.4, 0.5) is 5.82 Å². The maximum atomic E-state index is 10.2. The van der Waals surface area contributed by atoms with Crippen molar-refractivity contribution in [3.63, 3.8) is 0 Å². The zero-order valence-corrected chi connectivity index (χ0v) is 13.9. The Kier molecular flexibility index (Phi) is 3.79. The number of nitrogens with zero attached hydrogens (tertiary/aromatic N) is 4. The van der Waals surface area contributed by atoms with Gasteiger partial charge in [0.2, 0.25) is 0 Å². The minimum Gasteiger partial charge on any atom is -0.385 e. The van der Waals surface area contributed by atoms with Crippen molar-refractivity contribution in [1.82, 2.24) is 9.97 Å². The number of anilines is 1. The van der Waals surface area contributed by atoms with Crippen molar-refractivity contribution in [1.29, 1.82) is 5.26 Å². The monoisotopic (exact) mass is 316 g/mol. The molecule has 22 heavy (non-hydrogen) atoms. The highest BCUT2D eigenvalue weighted by molar-refractivity contribution is 7.17. The molecule has 116 valence electrons. The average Bonchev–Trinajstić information content (AvgIpc) is 2.77. The van der Waals surface area contributed by atoms with Crippen LogP contribution < -0.4 is 4.90 Å². The third-order valence-electron chi connectivity index (χ3n) is 3.91. The molecule has 2 aromatic rings. The number of β-amino-alcohol motifs (C(OH)–C–C–N with tert-alkyl or cyclic N) is 1. The lowest BCUT2D eigenvalue weighted by molar-refractivity contribution is 0.0163. The molecule has 0 saturated carbocycles. The summed E-state index contributed by atoms with van der Waals surface area (Å²) in [6.07, 6.45) is 1.16. The van der Waals surface area contributed by atoms with Gasteiger partial charge in [0.05, 0.1) is 31.0 Å². The summed E-state index contributed by atoms with van der Waals surface area (Å²) in [5.74, 6) is 2.22. The molecule has 0 atom stereocenters. The molecular formula is C16H20N4OS. The molecular weight excluding hydrogens is 296 g/mol. The lowest BCUT2D eigenvalue weighted by Crippen LogP contribution is -2.62. The highest BCUT2D eigenvalue weighted by Crippen LogP contribution is 2.37. The van der Waals surface area contributed by atoms with Gasteiger partial charge < -0.3 is 10.0 Å². The molecule has 2 aromatic heterocycles. The molecule has 1 aliphatic heterocycles. The fraction of sp³-hybridized carbons (Fsp3) is 0.562. The Morgan fingerprint density at radius 2 is 2.18 bits per heavy atom. The van der Waals surface area contributed by atoms with Gasteiger partial charge in [-0.1, -0.05) is 13.8 Å². The molecule has 5 nitrogen and oxygen atoms in total. The van der Waals surface area contributed by atoms with E-state index in [-0.39, 0.29) is 6.42 Å². The third-order valence-corrected chi connectivity index (χ3v) is 4.83. The highest BCUT2D eigenvalue weighted by Gasteiger charge is 2.42. The number of aliphatic hydroxyl groups is 1. The molecule has 3 heterocycles. The van der Waals surface area contributed by atoms with E-state index in [0.717, 1.165) is 28.3 Å². The van der Waals surface area contributed by atoms with E-state index in [1.54, 1.807) is 11.3 Å². The quantitative estimate of drug-likeness (QED) is 0.939. The molecule has 6 heteroatoms. The zero-order chi connectivity index (χ0) is 15.9. The van der Waals surface area contributed by atoms with Crippen LogP contribution in [0.3, 0.4) is 0 Å². The fourth-order valence-corrected chi connectivity index (χ4v) is 3.97. The van der Waals surface area contributed by atoms with E-state index in [0.29, 0.717) is 19.0 Å². The van der Waals surface area contributed by atoms with Gasteiger partial charge in [0.25, 0.3) is 0 Å². The second-order valence-corrected chi connectivity index (χ2v) is 7.41. The normalized spacial score (nSPS) is 16.8. The van der Waals surface area contributed by atoms with Crippen molar-refractivity contribution in [3.8, 4) is 6.07 Å². The number of fused-ring (bicyclic) bond motifs is 1. The molecule has 1 saturated heterocycles. The first-order valence-corrected chi connectivity index (χ1v) is 8.39. The largest absolute Gasteiger partial charge is 0.385 e. The second kappa shape index (κ2) is 5.49. The molecule has 1 fully saturated rings. The maximum Gasteiger partial charge on any atom is 0.141 e. The molecule has 0 bridgehead atoms. The van der Waals surface area contributed by atoms with Crippen molar-refractivity contribution in [2.75, 3.05) is 18.0 Å². The van der Waals surface area contributed by atoms with Gasteiger partial charge in [-0.05, 0) is 30.2 Å².